The largest absolute Gasteiger partial charge is 0.309 e. The molecule has 0 aliphatic rings. The molecule has 0 aliphatic carbocycles. The van der Waals surface area contributed by atoms with Crippen LogP contribution in [0.4, 0.5) is 0 Å². The van der Waals surface area contributed by atoms with Crippen LogP contribution in [0.15, 0.2) is 41.8 Å². The second kappa shape index (κ2) is 8.15. The molecule has 0 amide bonds. The number of hydrogen-bond donors (Lipinski definition) is 1. The van der Waals surface area contributed by atoms with Gasteiger partial charge in [-0.2, -0.15) is 0 Å². The Morgan fingerprint density at radius 1 is 1.19 bits per heavy atom. The van der Waals surface area contributed by atoms with Crippen LogP contribution in [0.2, 0.25) is 0 Å². The fraction of sp³-hybridized carbons (Fsp3) is 0.412. The standard InChI is InChI=1S/C17H23N3S/c1-4-8-18-16(12-21-17-19-9-5-10-20-17)15-7-6-13(2)11-14(15)3/h5-7,9-11,16,18H,4,8,12H2,1-3H3. The summed E-state index contributed by atoms with van der Waals surface area (Å²) in [6.45, 7) is 7.54. The van der Waals surface area contributed by atoms with Gasteiger partial charge in [-0.3, -0.25) is 0 Å². The van der Waals surface area contributed by atoms with E-state index in [9.17, 15) is 0 Å². The number of nitrogens with zero attached hydrogens (tertiary/aromatic N) is 2. The van der Waals surface area contributed by atoms with E-state index in [4.69, 9.17) is 0 Å². The summed E-state index contributed by atoms with van der Waals surface area (Å²) in [6, 6.07) is 8.86. The predicted octanol–water partition coefficient (Wildman–Crippen LogP) is 3.93. The molecule has 0 saturated heterocycles. The van der Waals surface area contributed by atoms with E-state index in [0.29, 0.717) is 6.04 Å². The van der Waals surface area contributed by atoms with Crippen molar-refractivity contribution in [1.29, 1.82) is 0 Å². The first-order chi connectivity index (χ1) is 10.2. The Hall–Kier alpha value is -1.39. The molecule has 3 nitrogen and oxygen atoms in total. The molecule has 1 heterocycles. The summed E-state index contributed by atoms with van der Waals surface area (Å²) in [5, 5.41) is 4.48. The van der Waals surface area contributed by atoms with Gasteiger partial charge in [-0.15, -0.1) is 0 Å². The summed E-state index contributed by atoms with van der Waals surface area (Å²) in [6.07, 6.45) is 4.72. The topological polar surface area (TPSA) is 37.8 Å². The molecular weight excluding hydrogens is 278 g/mol. The van der Waals surface area contributed by atoms with Gasteiger partial charge >= 0.3 is 0 Å². The Labute approximate surface area is 131 Å². The highest BCUT2D eigenvalue weighted by Crippen LogP contribution is 2.25. The molecule has 0 saturated carbocycles. The van der Waals surface area contributed by atoms with Gasteiger partial charge in [0.15, 0.2) is 5.16 Å². The highest BCUT2D eigenvalue weighted by atomic mass is 32.2. The van der Waals surface area contributed by atoms with Gasteiger partial charge in [-0.25, -0.2) is 9.97 Å². The lowest BCUT2D eigenvalue weighted by atomic mass is 10.00. The van der Waals surface area contributed by atoms with E-state index < -0.39 is 0 Å². The summed E-state index contributed by atoms with van der Waals surface area (Å²) < 4.78 is 0. The molecule has 0 bridgehead atoms. The third-order valence-corrected chi connectivity index (χ3v) is 4.33. The van der Waals surface area contributed by atoms with Crippen molar-refractivity contribution < 1.29 is 0 Å². The van der Waals surface area contributed by atoms with E-state index in [1.807, 2.05) is 6.07 Å². The van der Waals surface area contributed by atoms with Crippen LogP contribution in [-0.4, -0.2) is 22.3 Å². The minimum atomic E-state index is 0.333. The van der Waals surface area contributed by atoms with Crippen LogP contribution in [0.5, 0.6) is 0 Å². The van der Waals surface area contributed by atoms with Gasteiger partial charge in [-0.1, -0.05) is 42.4 Å². The molecule has 0 aliphatic heterocycles. The van der Waals surface area contributed by atoms with E-state index in [1.165, 1.54) is 16.7 Å². The maximum Gasteiger partial charge on any atom is 0.187 e. The van der Waals surface area contributed by atoms with E-state index in [1.54, 1.807) is 24.2 Å². The first kappa shape index (κ1) is 16.0. The highest BCUT2D eigenvalue weighted by molar-refractivity contribution is 7.99. The van der Waals surface area contributed by atoms with Crippen LogP contribution in [-0.2, 0) is 0 Å². The van der Waals surface area contributed by atoms with Crippen molar-refractivity contribution in [2.75, 3.05) is 12.3 Å². The third-order valence-electron chi connectivity index (χ3n) is 3.36. The smallest absolute Gasteiger partial charge is 0.187 e. The van der Waals surface area contributed by atoms with Crippen molar-refractivity contribution in [1.82, 2.24) is 15.3 Å². The second-order valence-corrected chi connectivity index (χ2v) is 6.20. The zero-order valence-electron chi connectivity index (χ0n) is 13.0. The number of hydrogen-bond acceptors (Lipinski definition) is 4. The summed E-state index contributed by atoms with van der Waals surface area (Å²) >= 11 is 1.70. The Morgan fingerprint density at radius 2 is 1.95 bits per heavy atom. The molecule has 1 aromatic carbocycles. The summed E-state index contributed by atoms with van der Waals surface area (Å²) in [4.78, 5) is 8.57. The molecule has 1 N–H and O–H groups in total. The normalized spacial score (nSPS) is 12.3. The molecule has 2 aromatic rings. The SMILES string of the molecule is CCCNC(CSc1ncccn1)c1ccc(C)cc1C. The molecule has 1 aromatic heterocycles. The molecule has 1 atom stereocenters. The first-order valence-corrected chi connectivity index (χ1v) is 8.39. The Morgan fingerprint density at radius 3 is 2.62 bits per heavy atom. The lowest BCUT2D eigenvalue weighted by molar-refractivity contribution is 0.574. The monoisotopic (exact) mass is 301 g/mol. The minimum absolute atomic E-state index is 0.333. The Bertz CT molecular complexity index is 557. The lowest BCUT2D eigenvalue weighted by Gasteiger charge is -2.20. The van der Waals surface area contributed by atoms with E-state index in [2.05, 4.69) is 54.3 Å². The fourth-order valence-electron chi connectivity index (χ4n) is 2.31. The van der Waals surface area contributed by atoms with Gasteiger partial charge in [0.1, 0.15) is 0 Å². The molecule has 1 unspecified atom stereocenters. The third kappa shape index (κ3) is 4.83. The van der Waals surface area contributed by atoms with Crippen LogP contribution < -0.4 is 5.32 Å². The Balaban J connectivity index is 2.10. The number of aromatic nitrogens is 2. The maximum atomic E-state index is 4.29. The van der Waals surface area contributed by atoms with Crippen LogP contribution in [0.25, 0.3) is 0 Å². The molecular formula is C17H23N3S. The number of rotatable bonds is 7. The summed E-state index contributed by atoms with van der Waals surface area (Å²) in [7, 11) is 0. The summed E-state index contributed by atoms with van der Waals surface area (Å²) in [5.41, 5.74) is 4.03. The van der Waals surface area contributed by atoms with Gasteiger partial charge in [0.2, 0.25) is 0 Å². The molecule has 0 spiro atoms. The quantitative estimate of drug-likeness (QED) is 0.621. The van der Waals surface area contributed by atoms with Crippen molar-refractivity contribution in [3.63, 3.8) is 0 Å². The summed E-state index contributed by atoms with van der Waals surface area (Å²) in [5.74, 6) is 0.938. The van der Waals surface area contributed by atoms with E-state index in [-0.39, 0.29) is 0 Å². The van der Waals surface area contributed by atoms with Crippen LogP contribution in [0, 0.1) is 13.8 Å². The fourth-order valence-corrected chi connectivity index (χ4v) is 3.20. The molecule has 21 heavy (non-hydrogen) atoms. The molecule has 4 heteroatoms. The van der Waals surface area contributed by atoms with Gasteiger partial charge in [0.05, 0.1) is 0 Å². The van der Waals surface area contributed by atoms with Crippen molar-refractivity contribution in [3.8, 4) is 0 Å². The van der Waals surface area contributed by atoms with E-state index in [0.717, 1.165) is 23.9 Å². The van der Waals surface area contributed by atoms with Crippen molar-refractivity contribution in [2.45, 2.75) is 38.4 Å². The van der Waals surface area contributed by atoms with Crippen molar-refractivity contribution in [2.24, 2.45) is 0 Å². The second-order valence-electron chi connectivity index (χ2n) is 5.21. The van der Waals surface area contributed by atoms with Crippen molar-refractivity contribution >= 4 is 11.8 Å². The average Bonchev–Trinajstić information content (AvgIpc) is 2.49. The first-order valence-electron chi connectivity index (χ1n) is 7.41. The average molecular weight is 301 g/mol. The predicted molar refractivity (Wildman–Crippen MR) is 89.7 cm³/mol. The molecule has 2 rings (SSSR count). The van der Waals surface area contributed by atoms with Gasteiger partial charge in [-0.05, 0) is 44.0 Å². The molecule has 112 valence electrons. The van der Waals surface area contributed by atoms with Crippen LogP contribution in [0.1, 0.15) is 36.1 Å². The van der Waals surface area contributed by atoms with Crippen LogP contribution >= 0.6 is 11.8 Å². The zero-order valence-corrected chi connectivity index (χ0v) is 13.8. The van der Waals surface area contributed by atoms with E-state index >= 15 is 0 Å². The maximum absolute atomic E-state index is 4.29. The van der Waals surface area contributed by atoms with Gasteiger partial charge < -0.3 is 5.32 Å². The number of nitrogens with one attached hydrogen (secondary N) is 1. The van der Waals surface area contributed by atoms with Crippen LogP contribution in [0.3, 0.4) is 0 Å². The lowest BCUT2D eigenvalue weighted by Crippen LogP contribution is -2.25. The number of benzene rings is 1. The van der Waals surface area contributed by atoms with Crippen molar-refractivity contribution in [3.05, 3.63) is 53.3 Å². The number of thioether (sulfide) groups is 1. The molecule has 0 radical (unpaired) electrons. The molecule has 0 fully saturated rings. The minimum Gasteiger partial charge on any atom is -0.309 e. The highest BCUT2D eigenvalue weighted by Gasteiger charge is 2.14. The number of aryl methyl sites for hydroxylation is 2. The van der Waals surface area contributed by atoms with Gasteiger partial charge in [0.25, 0.3) is 0 Å². The van der Waals surface area contributed by atoms with Gasteiger partial charge in [0, 0.05) is 24.2 Å². The Kier molecular flexibility index (Phi) is 6.21. The zero-order chi connectivity index (χ0) is 15.1.